The molecule has 8 heteroatoms. The topological polar surface area (TPSA) is 80.6 Å². The van der Waals surface area contributed by atoms with E-state index in [0.717, 1.165) is 0 Å². The van der Waals surface area contributed by atoms with Gasteiger partial charge in [-0.3, -0.25) is 4.79 Å². The van der Waals surface area contributed by atoms with E-state index in [9.17, 15) is 4.79 Å². The first-order valence-corrected chi connectivity index (χ1v) is 9.39. The number of hydrogen-bond acceptors (Lipinski definition) is 6. The highest BCUT2D eigenvalue weighted by Crippen LogP contribution is 2.13. The highest BCUT2D eigenvalue weighted by atomic mass is 35.5. The molecule has 0 heterocycles. The first-order chi connectivity index (χ1) is 12.6. The molecule has 26 heavy (non-hydrogen) atoms. The number of amides is 1. The summed E-state index contributed by atoms with van der Waals surface area (Å²) < 4.78 is 15.9. The second kappa shape index (κ2) is 13.8. The van der Waals surface area contributed by atoms with Crippen LogP contribution in [-0.2, 0) is 14.2 Å². The number of benzene rings is 1. The molecule has 6 nitrogen and oxygen atoms in total. The standard InChI is InChI=1S/C18H25ClN2O4S/c1-2-23-13-25-11-17(9-14(12-26)10-24-8-7-20)21-18(22)15-3-5-16(19)6-4-15/h3-6,14,17,26H,2,8-13H2,1H3,(H,21,22). The average Bonchev–Trinajstić information content (AvgIpc) is 2.64. The van der Waals surface area contributed by atoms with Crippen molar-refractivity contribution >= 4 is 30.1 Å². The molecule has 1 N–H and O–H groups in total. The molecule has 0 radical (unpaired) electrons. The zero-order valence-corrected chi connectivity index (χ0v) is 16.5. The molecule has 0 aliphatic carbocycles. The van der Waals surface area contributed by atoms with E-state index in [0.29, 0.717) is 42.6 Å². The minimum Gasteiger partial charge on any atom is -0.366 e. The van der Waals surface area contributed by atoms with Crippen LogP contribution >= 0.6 is 24.2 Å². The van der Waals surface area contributed by atoms with Crippen molar-refractivity contribution < 1.29 is 19.0 Å². The van der Waals surface area contributed by atoms with Crippen molar-refractivity contribution in [3.8, 4) is 6.07 Å². The molecule has 0 saturated carbocycles. The summed E-state index contributed by atoms with van der Waals surface area (Å²) in [5.74, 6) is 0.449. The summed E-state index contributed by atoms with van der Waals surface area (Å²) in [7, 11) is 0. The van der Waals surface area contributed by atoms with E-state index in [1.165, 1.54) is 0 Å². The van der Waals surface area contributed by atoms with Gasteiger partial charge < -0.3 is 19.5 Å². The molecule has 2 unspecified atom stereocenters. The Balaban J connectivity index is 2.65. The molecule has 1 aromatic rings. The smallest absolute Gasteiger partial charge is 0.251 e. The van der Waals surface area contributed by atoms with Crippen molar-refractivity contribution in [2.45, 2.75) is 19.4 Å². The van der Waals surface area contributed by atoms with Crippen LogP contribution in [-0.4, -0.2) is 50.9 Å². The van der Waals surface area contributed by atoms with E-state index in [2.05, 4.69) is 17.9 Å². The van der Waals surface area contributed by atoms with Crippen LogP contribution in [0.5, 0.6) is 0 Å². The van der Waals surface area contributed by atoms with Gasteiger partial charge in [0, 0.05) is 17.2 Å². The number of ether oxygens (including phenoxy) is 3. The summed E-state index contributed by atoms with van der Waals surface area (Å²) in [6.45, 7) is 3.35. The number of carbonyl (C=O) groups is 1. The van der Waals surface area contributed by atoms with E-state index in [4.69, 9.17) is 31.1 Å². The van der Waals surface area contributed by atoms with E-state index in [-0.39, 0.29) is 31.3 Å². The zero-order valence-electron chi connectivity index (χ0n) is 14.8. The Bertz CT molecular complexity index is 565. The average molecular weight is 401 g/mol. The highest BCUT2D eigenvalue weighted by Gasteiger charge is 2.19. The molecule has 0 aliphatic rings. The van der Waals surface area contributed by atoms with Gasteiger partial charge in [-0.05, 0) is 49.3 Å². The molecular weight excluding hydrogens is 376 g/mol. The molecule has 144 valence electrons. The van der Waals surface area contributed by atoms with Crippen LogP contribution < -0.4 is 5.32 Å². The normalized spacial score (nSPS) is 13.0. The Morgan fingerprint density at radius 3 is 2.62 bits per heavy atom. The van der Waals surface area contributed by atoms with Crippen molar-refractivity contribution in [3.05, 3.63) is 34.9 Å². The molecule has 0 aliphatic heterocycles. The van der Waals surface area contributed by atoms with E-state index < -0.39 is 0 Å². The van der Waals surface area contributed by atoms with Gasteiger partial charge in [0.2, 0.25) is 0 Å². The fourth-order valence-corrected chi connectivity index (χ4v) is 2.62. The van der Waals surface area contributed by atoms with Gasteiger partial charge in [-0.15, -0.1) is 0 Å². The molecule has 0 spiro atoms. The minimum atomic E-state index is -0.235. The predicted molar refractivity (Wildman–Crippen MR) is 104 cm³/mol. The van der Waals surface area contributed by atoms with Gasteiger partial charge in [0.1, 0.15) is 13.4 Å². The molecular formula is C18H25ClN2O4S. The molecule has 0 aromatic heterocycles. The summed E-state index contributed by atoms with van der Waals surface area (Å²) in [5, 5.41) is 12.1. The Hall–Kier alpha value is -1.30. The molecule has 0 saturated heterocycles. The van der Waals surface area contributed by atoms with Gasteiger partial charge in [0.05, 0.1) is 25.3 Å². The summed E-state index contributed by atoms with van der Waals surface area (Å²) in [6, 6.07) is 8.38. The van der Waals surface area contributed by atoms with Crippen molar-refractivity contribution in [3.63, 3.8) is 0 Å². The van der Waals surface area contributed by atoms with Crippen LogP contribution in [0.1, 0.15) is 23.7 Å². The van der Waals surface area contributed by atoms with Crippen molar-refractivity contribution in [2.24, 2.45) is 5.92 Å². The van der Waals surface area contributed by atoms with Crippen LogP contribution in [0, 0.1) is 17.2 Å². The number of hydrogen-bond donors (Lipinski definition) is 2. The van der Waals surface area contributed by atoms with Gasteiger partial charge >= 0.3 is 0 Å². The number of nitrogens with zero attached hydrogens (tertiary/aromatic N) is 1. The summed E-state index contributed by atoms with van der Waals surface area (Å²) in [5.41, 5.74) is 0.521. The number of nitrogens with one attached hydrogen (secondary N) is 1. The van der Waals surface area contributed by atoms with Crippen molar-refractivity contribution in [1.29, 1.82) is 5.26 Å². The lowest BCUT2D eigenvalue weighted by Gasteiger charge is -2.23. The second-order valence-electron chi connectivity index (χ2n) is 5.62. The van der Waals surface area contributed by atoms with E-state index in [1.807, 2.05) is 13.0 Å². The summed E-state index contributed by atoms with van der Waals surface area (Å²) in [4.78, 5) is 12.5. The van der Waals surface area contributed by atoms with Crippen LogP contribution in [0.2, 0.25) is 5.02 Å². The lowest BCUT2D eigenvalue weighted by molar-refractivity contribution is -0.0569. The maximum atomic E-state index is 12.5. The molecule has 1 amide bonds. The SMILES string of the molecule is CCOCOCC(CC(CS)COCC#N)NC(=O)c1ccc(Cl)cc1. The van der Waals surface area contributed by atoms with Crippen molar-refractivity contribution in [2.75, 3.05) is 39.0 Å². The Morgan fingerprint density at radius 1 is 1.27 bits per heavy atom. The number of nitriles is 1. The van der Waals surface area contributed by atoms with E-state index in [1.54, 1.807) is 24.3 Å². The van der Waals surface area contributed by atoms with Gasteiger partial charge in [-0.25, -0.2) is 0 Å². The van der Waals surface area contributed by atoms with Crippen LogP contribution in [0.15, 0.2) is 24.3 Å². The predicted octanol–water partition coefficient (Wildman–Crippen LogP) is 2.93. The summed E-state index contributed by atoms with van der Waals surface area (Å²) in [6.07, 6.45) is 0.611. The Labute approximate surface area is 165 Å². The largest absolute Gasteiger partial charge is 0.366 e. The second-order valence-corrected chi connectivity index (χ2v) is 6.42. The maximum absolute atomic E-state index is 12.5. The third kappa shape index (κ3) is 9.41. The monoisotopic (exact) mass is 400 g/mol. The third-order valence-electron chi connectivity index (χ3n) is 3.53. The van der Waals surface area contributed by atoms with Crippen molar-refractivity contribution in [1.82, 2.24) is 5.32 Å². The van der Waals surface area contributed by atoms with Crippen LogP contribution in [0.4, 0.5) is 0 Å². The number of carbonyl (C=O) groups excluding carboxylic acids is 1. The fraction of sp³-hybridized carbons (Fsp3) is 0.556. The molecule has 2 atom stereocenters. The van der Waals surface area contributed by atoms with Crippen LogP contribution in [0.25, 0.3) is 0 Å². The number of thiol groups is 1. The van der Waals surface area contributed by atoms with Crippen LogP contribution in [0.3, 0.4) is 0 Å². The summed E-state index contributed by atoms with van der Waals surface area (Å²) >= 11 is 10.2. The van der Waals surface area contributed by atoms with Gasteiger partial charge in [0.25, 0.3) is 5.91 Å². The van der Waals surface area contributed by atoms with Gasteiger partial charge in [-0.2, -0.15) is 17.9 Å². The Kier molecular flexibility index (Phi) is 12.1. The molecule has 1 rings (SSSR count). The quantitative estimate of drug-likeness (QED) is 0.302. The fourth-order valence-electron chi connectivity index (χ4n) is 2.24. The lowest BCUT2D eigenvalue weighted by atomic mass is 10.0. The van der Waals surface area contributed by atoms with Gasteiger partial charge in [-0.1, -0.05) is 11.6 Å². The van der Waals surface area contributed by atoms with E-state index >= 15 is 0 Å². The first-order valence-electron chi connectivity index (χ1n) is 8.38. The zero-order chi connectivity index (χ0) is 19.2. The number of rotatable bonds is 13. The molecule has 0 bridgehead atoms. The Morgan fingerprint density at radius 2 is 2.00 bits per heavy atom. The lowest BCUT2D eigenvalue weighted by Crippen LogP contribution is -2.40. The first kappa shape index (κ1) is 22.7. The highest BCUT2D eigenvalue weighted by molar-refractivity contribution is 7.80. The number of halogens is 1. The third-order valence-corrected chi connectivity index (χ3v) is 4.30. The minimum absolute atomic E-state index is 0.0346. The van der Waals surface area contributed by atoms with Gasteiger partial charge in [0.15, 0.2) is 0 Å². The maximum Gasteiger partial charge on any atom is 0.251 e. The molecule has 0 fully saturated rings. The molecule has 1 aromatic carbocycles.